The van der Waals surface area contributed by atoms with E-state index in [-0.39, 0.29) is 11.8 Å². The van der Waals surface area contributed by atoms with Crippen molar-refractivity contribution in [3.05, 3.63) is 22.4 Å². The first kappa shape index (κ1) is 14.1. The van der Waals surface area contributed by atoms with Gasteiger partial charge in [0.25, 0.3) is 5.91 Å². The molecule has 104 valence electrons. The van der Waals surface area contributed by atoms with Gasteiger partial charge in [-0.2, -0.15) is 11.3 Å². The maximum Gasteiger partial charge on any atom is 0.252 e. The van der Waals surface area contributed by atoms with Crippen molar-refractivity contribution in [2.24, 2.45) is 5.92 Å². The van der Waals surface area contributed by atoms with Crippen LogP contribution >= 0.6 is 11.3 Å². The van der Waals surface area contributed by atoms with E-state index in [0.29, 0.717) is 30.5 Å². The van der Waals surface area contributed by atoms with Gasteiger partial charge in [-0.05, 0) is 36.6 Å². The number of hydrogen-bond acceptors (Lipinski definition) is 3. The molecule has 1 aliphatic rings. The Morgan fingerprint density at radius 1 is 1.42 bits per heavy atom. The first-order valence-corrected chi connectivity index (χ1v) is 7.69. The van der Waals surface area contributed by atoms with Crippen molar-refractivity contribution in [3.8, 4) is 0 Å². The van der Waals surface area contributed by atoms with Crippen LogP contribution in [0, 0.1) is 5.92 Å². The Morgan fingerprint density at radius 2 is 2.26 bits per heavy atom. The summed E-state index contributed by atoms with van der Waals surface area (Å²) < 4.78 is 0. The topological polar surface area (TPSA) is 58.2 Å². The minimum absolute atomic E-state index is 0.0321. The van der Waals surface area contributed by atoms with Gasteiger partial charge in [-0.25, -0.2) is 0 Å². The standard InChI is InChI=1S/C14H20N2O2S/c1-10-2-3-12(8-10)16-13(17)4-6-15-14(18)11-5-7-19-9-11/h5,7,9-10,12H,2-4,6,8H2,1H3,(H,15,18)(H,16,17). The summed E-state index contributed by atoms with van der Waals surface area (Å²) in [6.07, 6.45) is 3.70. The van der Waals surface area contributed by atoms with Crippen molar-refractivity contribution >= 4 is 23.2 Å². The van der Waals surface area contributed by atoms with Crippen molar-refractivity contribution in [2.75, 3.05) is 6.54 Å². The second kappa shape index (κ2) is 6.70. The van der Waals surface area contributed by atoms with Gasteiger partial charge >= 0.3 is 0 Å². The lowest BCUT2D eigenvalue weighted by Crippen LogP contribution is -2.35. The third-order valence-corrected chi connectivity index (χ3v) is 4.16. The highest BCUT2D eigenvalue weighted by Gasteiger charge is 2.22. The Labute approximate surface area is 117 Å². The van der Waals surface area contributed by atoms with Crippen LogP contribution in [0.2, 0.25) is 0 Å². The largest absolute Gasteiger partial charge is 0.353 e. The lowest BCUT2D eigenvalue weighted by molar-refractivity contribution is -0.121. The molecule has 0 aromatic carbocycles. The van der Waals surface area contributed by atoms with Crippen LogP contribution in [-0.4, -0.2) is 24.4 Å². The van der Waals surface area contributed by atoms with Crippen molar-refractivity contribution in [1.29, 1.82) is 0 Å². The maximum absolute atomic E-state index is 11.7. The van der Waals surface area contributed by atoms with Gasteiger partial charge in [0.05, 0.1) is 0 Å². The maximum atomic E-state index is 11.7. The van der Waals surface area contributed by atoms with Crippen molar-refractivity contribution in [2.45, 2.75) is 38.6 Å². The van der Waals surface area contributed by atoms with E-state index in [4.69, 9.17) is 0 Å². The zero-order valence-corrected chi connectivity index (χ0v) is 12.0. The summed E-state index contributed by atoms with van der Waals surface area (Å²) in [6.45, 7) is 2.61. The van der Waals surface area contributed by atoms with Crippen LogP contribution in [0.3, 0.4) is 0 Å². The van der Waals surface area contributed by atoms with Crippen molar-refractivity contribution in [3.63, 3.8) is 0 Å². The third-order valence-electron chi connectivity index (χ3n) is 3.48. The average molecular weight is 280 g/mol. The molecule has 5 heteroatoms. The predicted octanol–water partition coefficient (Wildman–Crippen LogP) is 2.17. The molecule has 2 amide bonds. The van der Waals surface area contributed by atoms with Gasteiger partial charge in [-0.1, -0.05) is 6.92 Å². The Bertz CT molecular complexity index is 431. The minimum Gasteiger partial charge on any atom is -0.353 e. The molecule has 1 aliphatic carbocycles. The molecule has 1 fully saturated rings. The van der Waals surface area contributed by atoms with Crippen molar-refractivity contribution < 1.29 is 9.59 Å². The van der Waals surface area contributed by atoms with Gasteiger partial charge in [-0.3, -0.25) is 9.59 Å². The molecule has 2 unspecified atom stereocenters. The lowest BCUT2D eigenvalue weighted by Gasteiger charge is -2.12. The fourth-order valence-electron chi connectivity index (χ4n) is 2.42. The number of rotatable bonds is 5. The van der Waals surface area contributed by atoms with Gasteiger partial charge in [-0.15, -0.1) is 0 Å². The molecule has 0 radical (unpaired) electrons. The van der Waals surface area contributed by atoms with Crippen molar-refractivity contribution in [1.82, 2.24) is 10.6 Å². The van der Waals surface area contributed by atoms with Crippen LogP contribution in [-0.2, 0) is 4.79 Å². The van der Waals surface area contributed by atoms with E-state index in [0.717, 1.165) is 12.8 Å². The molecule has 2 rings (SSSR count). The number of hydrogen-bond donors (Lipinski definition) is 2. The summed E-state index contributed by atoms with van der Waals surface area (Å²) in [6, 6.07) is 2.11. The zero-order valence-electron chi connectivity index (χ0n) is 11.1. The number of carbonyl (C=O) groups is 2. The van der Waals surface area contributed by atoms with Crippen LogP contribution in [0.25, 0.3) is 0 Å². The highest BCUT2D eigenvalue weighted by molar-refractivity contribution is 7.08. The Morgan fingerprint density at radius 3 is 2.89 bits per heavy atom. The molecule has 1 saturated carbocycles. The van der Waals surface area contributed by atoms with E-state index in [1.807, 2.05) is 5.38 Å². The van der Waals surface area contributed by atoms with E-state index in [1.54, 1.807) is 11.4 Å². The first-order chi connectivity index (χ1) is 9.15. The minimum atomic E-state index is -0.108. The molecule has 0 saturated heterocycles. The molecule has 0 bridgehead atoms. The summed E-state index contributed by atoms with van der Waals surface area (Å²) in [5.74, 6) is 0.636. The molecule has 2 atom stereocenters. The monoisotopic (exact) mass is 280 g/mol. The van der Waals surface area contributed by atoms with E-state index in [1.165, 1.54) is 17.8 Å². The fraction of sp³-hybridized carbons (Fsp3) is 0.571. The van der Waals surface area contributed by atoms with Crippen LogP contribution in [0.15, 0.2) is 16.8 Å². The van der Waals surface area contributed by atoms with E-state index < -0.39 is 0 Å². The van der Waals surface area contributed by atoms with Gasteiger partial charge in [0.1, 0.15) is 0 Å². The van der Waals surface area contributed by atoms with Gasteiger partial charge in [0.15, 0.2) is 0 Å². The van der Waals surface area contributed by atoms with Gasteiger partial charge in [0.2, 0.25) is 5.91 Å². The normalized spacial score (nSPS) is 22.2. The number of thiophene rings is 1. The molecule has 0 spiro atoms. The molecule has 0 aliphatic heterocycles. The summed E-state index contributed by atoms with van der Waals surface area (Å²) in [5, 5.41) is 9.45. The molecule has 1 heterocycles. The van der Waals surface area contributed by atoms with Gasteiger partial charge < -0.3 is 10.6 Å². The first-order valence-electron chi connectivity index (χ1n) is 6.75. The Hall–Kier alpha value is -1.36. The predicted molar refractivity (Wildman–Crippen MR) is 76.2 cm³/mol. The quantitative estimate of drug-likeness (QED) is 0.868. The molecular formula is C14H20N2O2S. The van der Waals surface area contributed by atoms with E-state index in [2.05, 4.69) is 17.6 Å². The number of carbonyl (C=O) groups excluding carboxylic acids is 2. The zero-order chi connectivity index (χ0) is 13.7. The third kappa shape index (κ3) is 4.35. The summed E-state index contributed by atoms with van der Waals surface area (Å²) in [7, 11) is 0. The lowest BCUT2D eigenvalue weighted by atomic mass is 10.1. The molecule has 4 nitrogen and oxygen atoms in total. The molecule has 1 aromatic rings. The second-order valence-corrected chi connectivity index (χ2v) is 5.98. The highest BCUT2D eigenvalue weighted by Crippen LogP contribution is 2.24. The Balaban J connectivity index is 1.63. The SMILES string of the molecule is CC1CCC(NC(=O)CCNC(=O)c2ccsc2)C1. The summed E-state index contributed by atoms with van der Waals surface area (Å²) in [5.41, 5.74) is 0.662. The fourth-order valence-corrected chi connectivity index (χ4v) is 3.06. The van der Waals surface area contributed by atoms with E-state index in [9.17, 15) is 9.59 Å². The van der Waals surface area contributed by atoms with Gasteiger partial charge in [0, 0.05) is 30.0 Å². The molecule has 1 aromatic heterocycles. The smallest absolute Gasteiger partial charge is 0.252 e. The number of nitrogens with one attached hydrogen (secondary N) is 2. The number of amides is 2. The van der Waals surface area contributed by atoms with Crippen LogP contribution < -0.4 is 10.6 Å². The average Bonchev–Trinajstić information content (AvgIpc) is 3.00. The molecular weight excluding hydrogens is 260 g/mol. The highest BCUT2D eigenvalue weighted by atomic mass is 32.1. The summed E-state index contributed by atoms with van der Waals surface area (Å²) >= 11 is 1.49. The van der Waals surface area contributed by atoms with Crippen LogP contribution in [0.4, 0.5) is 0 Å². The second-order valence-electron chi connectivity index (χ2n) is 5.20. The van der Waals surface area contributed by atoms with Crippen LogP contribution in [0.1, 0.15) is 43.0 Å². The van der Waals surface area contributed by atoms with Crippen LogP contribution in [0.5, 0.6) is 0 Å². The molecule has 2 N–H and O–H groups in total. The summed E-state index contributed by atoms with van der Waals surface area (Å²) in [4.78, 5) is 23.4. The van der Waals surface area contributed by atoms with E-state index >= 15 is 0 Å². The molecule has 19 heavy (non-hydrogen) atoms. The Kier molecular flexibility index (Phi) is 4.96.